The second-order valence-corrected chi connectivity index (χ2v) is 4.78. The lowest BCUT2D eigenvalue weighted by molar-refractivity contribution is 0.193. The molecule has 1 atom stereocenters. The van der Waals surface area contributed by atoms with Crippen LogP contribution >= 0.6 is 15.9 Å². The Kier molecular flexibility index (Phi) is 5.85. The molecule has 0 bridgehead atoms. The molecule has 0 spiro atoms. The van der Waals surface area contributed by atoms with E-state index >= 15 is 0 Å². The third-order valence-corrected chi connectivity index (χ3v) is 3.00. The Balaban J connectivity index is 2.62. The average molecular weight is 286 g/mol. The van der Waals surface area contributed by atoms with Gasteiger partial charge in [0, 0.05) is 11.0 Å². The normalized spacial score (nSPS) is 12.5. The lowest BCUT2D eigenvalue weighted by atomic mass is 10.2. The van der Waals surface area contributed by atoms with Gasteiger partial charge in [-0.15, -0.1) is 0 Å². The zero-order valence-electron chi connectivity index (χ0n) is 10.2. The number of rotatable bonds is 6. The van der Waals surface area contributed by atoms with Gasteiger partial charge in [-0.05, 0) is 43.7 Å². The smallest absolute Gasteiger partial charge is 0.122 e. The standard InChI is InChI=1S/C13H20BrNO/c1-4-12(9-15-5-2)16-13-7-6-11(14)8-10(13)3/h6-8,12,15H,4-5,9H2,1-3H3. The maximum absolute atomic E-state index is 5.97. The van der Waals surface area contributed by atoms with Crippen molar-refractivity contribution < 1.29 is 4.74 Å². The number of hydrogen-bond donors (Lipinski definition) is 1. The average Bonchev–Trinajstić information content (AvgIpc) is 2.27. The maximum atomic E-state index is 5.97. The fourth-order valence-electron chi connectivity index (χ4n) is 1.50. The van der Waals surface area contributed by atoms with Crippen LogP contribution in [0, 0.1) is 6.92 Å². The Bertz CT molecular complexity index is 328. The van der Waals surface area contributed by atoms with Crippen molar-refractivity contribution in [2.45, 2.75) is 33.3 Å². The molecule has 0 saturated heterocycles. The second kappa shape index (κ2) is 6.92. The fourth-order valence-corrected chi connectivity index (χ4v) is 1.97. The largest absolute Gasteiger partial charge is 0.489 e. The van der Waals surface area contributed by atoms with Gasteiger partial charge in [0.2, 0.25) is 0 Å². The molecule has 0 fully saturated rings. The molecule has 1 aromatic carbocycles. The summed E-state index contributed by atoms with van der Waals surface area (Å²) in [6.07, 6.45) is 1.27. The van der Waals surface area contributed by atoms with E-state index in [9.17, 15) is 0 Å². The Morgan fingerprint density at radius 2 is 2.12 bits per heavy atom. The summed E-state index contributed by atoms with van der Waals surface area (Å²) in [5, 5.41) is 3.32. The third-order valence-electron chi connectivity index (χ3n) is 2.51. The molecule has 1 aromatic rings. The molecule has 0 aliphatic rings. The van der Waals surface area contributed by atoms with Crippen LogP contribution < -0.4 is 10.1 Å². The van der Waals surface area contributed by atoms with E-state index in [0.717, 1.165) is 29.7 Å². The van der Waals surface area contributed by atoms with Crippen molar-refractivity contribution in [2.24, 2.45) is 0 Å². The van der Waals surface area contributed by atoms with E-state index in [1.807, 2.05) is 12.1 Å². The monoisotopic (exact) mass is 285 g/mol. The van der Waals surface area contributed by atoms with Crippen molar-refractivity contribution in [2.75, 3.05) is 13.1 Å². The lowest BCUT2D eigenvalue weighted by Gasteiger charge is -2.19. The second-order valence-electron chi connectivity index (χ2n) is 3.87. The number of aryl methyl sites for hydroxylation is 1. The van der Waals surface area contributed by atoms with Gasteiger partial charge in [0.15, 0.2) is 0 Å². The molecule has 1 unspecified atom stereocenters. The van der Waals surface area contributed by atoms with E-state index in [-0.39, 0.29) is 6.10 Å². The van der Waals surface area contributed by atoms with Gasteiger partial charge in [0.1, 0.15) is 11.9 Å². The first kappa shape index (κ1) is 13.5. The van der Waals surface area contributed by atoms with Crippen molar-refractivity contribution >= 4 is 15.9 Å². The highest BCUT2D eigenvalue weighted by atomic mass is 79.9. The molecular weight excluding hydrogens is 266 g/mol. The van der Waals surface area contributed by atoms with E-state index in [1.165, 1.54) is 5.56 Å². The van der Waals surface area contributed by atoms with Crippen molar-refractivity contribution in [3.05, 3.63) is 28.2 Å². The van der Waals surface area contributed by atoms with Crippen LogP contribution in [0.3, 0.4) is 0 Å². The molecule has 0 heterocycles. The van der Waals surface area contributed by atoms with Gasteiger partial charge >= 0.3 is 0 Å². The minimum atomic E-state index is 0.250. The Labute approximate surface area is 107 Å². The number of likely N-dealkylation sites (N-methyl/N-ethyl adjacent to an activating group) is 1. The van der Waals surface area contributed by atoms with Gasteiger partial charge in [-0.3, -0.25) is 0 Å². The number of hydrogen-bond acceptors (Lipinski definition) is 2. The Morgan fingerprint density at radius 1 is 1.38 bits per heavy atom. The summed E-state index contributed by atoms with van der Waals surface area (Å²) in [6.45, 7) is 8.22. The van der Waals surface area contributed by atoms with Crippen LogP contribution in [0.4, 0.5) is 0 Å². The van der Waals surface area contributed by atoms with Crippen LogP contribution in [-0.4, -0.2) is 19.2 Å². The van der Waals surface area contributed by atoms with E-state index in [2.05, 4.69) is 48.1 Å². The van der Waals surface area contributed by atoms with Crippen LogP contribution in [-0.2, 0) is 0 Å². The van der Waals surface area contributed by atoms with Crippen LogP contribution in [0.15, 0.2) is 22.7 Å². The molecule has 1 rings (SSSR count). The minimum Gasteiger partial charge on any atom is -0.489 e. The number of halogens is 1. The summed E-state index contributed by atoms with van der Waals surface area (Å²) in [6, 6.07) is 6.12. The predicted octanol–water partition coefficient (Wildman–Crippen LogP) is 3.52. The molecule has 0 aliphatic heterocycles. The summed E-state index contributed by atoms with van der Waals surface area (Å²) in [7, 11) is 0. The topological polar surface area (TPSA) is 21.3 Å². The molecule has 0 aromatic heterocycles. The van der Waals surface area contributed by atoms with E-state index in [1.54, 1.807) is 0 Å². The van der Waals surface area contributed by atoms with Crippen molar-refractivity contribution in [3.63, 3.8) is 0 Å². The number of ether oxygens (including phenoxy) is 1. The summed E-state index contributed by atoms with van der Waals surface area (Å²) < 4.78 is 7.06. The van der Waals surface area contributed by atoms with E-state index < -0.39 is 0 Å². The number of benzene rings is 1. The molecule has 16 heavy (non-hydrogen) atoms. The summed E-state index contributed by atoms with van der Waals surface area (Å²) in [5.74, 6) is 0.980. The summed E-state index contributed by atoms with van der Waals surface area (Å²) in [4.78, 5) is 0. The van der Waals surface area contributed by atoms with Crippen molar-refractivity contribution in [1.29, 1.82) is 0 Å². The predicted molar refractivity (Wildman–Crippen MR) is 72.1 cm³/mol. The molecule has 0 radical (unpaired) electrons. The fraction of sp³-hybridized carbons (Fsp3) is 0.538. The first-order valence-electron chi connectivity index (χ1n) is 5.80. The van der Waals surface area contributed by atoms with Crippen LogP contribution in [0.5, 0.6) is 5.75 Å². The molecule has 0 amide bonds. The highest BCUT2D eigenvalue weighted by Gasteiger charge is 2.09. The molecular formula is C13H20BrNO. The Morgan fingerprint density at radius 3 is 2.69 bits per heavy atom. The van der Waals surface area contributed by atoms with Crippen molar-refractivity contribution in [3.8, 4) is 5.75 Å². The molecule has 0 aliphatic carbocycles. The summed E-state index contributed by atoms with van der Waals surface area (Å²) in [5.41, 5.74) is 1.17. The van der Waals surface area contributed by atoms with E-state index in [4.69, 9.17) is 4.74 Å². The van der Waals surface area contributed by atoms with Gasteiger partial charge in [0.05, 0.1) is 0 Å². The highest BCUT2D eigenvalue weighted by Crippen LogP contribution is 2.23. The zero-order chi connectivity index (χ0) is 12.0. The summed E-state index contributed by atoms with van der Waals surface area (Å²) >= 11 is 3.45. The first-order valence-corrected chi connectivity index (χ1v) is 6.60. The SMILES string of the molecule is CCNCC(CC)Oc1ccc(Br)cc1C. The minimum absolute atomic E-state index is 0.250. The van der Waals surface area contributed by atoms with Gasteiger partial charge in [-0.2, -0.15) is 0 Å². The first-order chi connectivity index (χ1) is 7.67. The lowest BCUT2D eigenvalue weighted by Crippen LogP contribution is -2.30. The maximum Gasteiger partial charge on any atom is 0.122 e. The highest BCUT2D eigenvalue weighted by molar-refractivity contribution is 9.10. The van der Waals surface area contributed by atoms with Gasteiger partial charge in [0.25, 0.3) is 0 Å². The zero-order valence-corrected chi connectivity index (χ0v) is 11.8. The van der Waals surface area contributed by atoms with Gasteiger partial charge in [-0.1, -0.05) is 29.8 Å². The molecule has 0 saturated carbocycles. The van der Waals surface area contributed by atoms with E-state index in [0.29, 0.717) is 0 Å². The molecule has 3 heteroatoms. The van der Waals surface area contributed by atoms with Crippen LogP contribution in [0.1, 0.15) is 25.8 Å². The molecule has 2 nitrogen and oxygen atoms in total. The van der Waals surface area contributed by atoms with Crippen LogP contribution in [0.25, 0.3) is 0 Å². The van der Waals surface area contributed by atoms with Crippen molar-refractivity contribution in [1.82, 2.24) is 5.32 Å². The quantitative estimate of drug-likeness (QED) is 0.864. The third kappa shape index (κ3) is 4.14. The van der Waals surface area contributed by atoms with Crippen LogP contribution in [0.2, 0.25) is 0 Å². The molecule has 1 N–H and O–H groups in total. The Hall–Kier alpha value is -0.540. The molecule has 90 valence electrons. The number of nitrogens with one attached hydrogen (secondary N) is 1. The van der Waals surface area contributed by atoms with Gasteiger partial charge in [-0.25, -0.2) is 0 Å². The van der Waals surface area contributed by atoms with Gasteiger partial charge < -0.3 is 10.1 Å².